The molecular formula is C31H38N4O5. The van der Waals surface area contributed by atoms with Gasteiger partial charge in [-0.15, -0.1) is 0 Å². The fourth-order valence-electron chi connectivity index (χ4n) is 4.58. The highest BCUT2D eigenvalue weighted by Crippen LogP contribution is 2.26. The summed E-state index contributed by atoms with van der Waals surface area (Å²) >= 11 is 0. The minimum atomic E-state index is -0.843. The van der Waals surface area contributed by atoms with Crippen LogP contribution in [0.25, 0.3) is 0 Å². The average molecular weight is 547 g/mol. The largest absolute Gasteiger partial charge is 0.497 e. The number of nitrogen functional groups attached to an aromatic ring is 1. The first-order valence-electron chi connectivity index (χ1n) is 12.7. The summed E-state index contributed by atoms with van der Waals surface area (Å²) in [5.41, 5.74) is 10.2. The third kappa shape index (κ3) is 8.97. The number of rotatable bonds is 9. The van der Waals surface area contributed by atoms with Gasteiger partial charge in [0.05, 0.1) is 7.11 Å². The van der Waals surface area contributed by atoms with Crippen LogP contribution in [0.15, 0.2) is 72.8 Å². The van der Waals surface area contributed by atoms with Gasteiger partial charge >= 0.3 is 0 Å². The van der Waals surface area contributed by atoms with Crippen LogP contribution in [0, 0.1) is 11.3 Å². The number of benzene rings is 3. The lowest BCUT2D eigenvalue weighted by Crippen LogP contribution is -2.45. The SMILES string of the molecule is C.COc1ccc2c(c1)C[C@@H](NC(=O)C(CCc1ccccc1)C(=O)Nc1ccc(C(=N)N)cc1)CC2.O=CO. The van der Waals surface area contributed by atoms with Crippen LogP contribution in [-0.2, 0) is 33.6 Å². The number of hydrogen-bond donors (Lipinski definition) is 5. The van der Waals surface area contributed by atoms with Gasteiger partial charge in [0.25, 0.3) is 6.47 Å². The van der Waals surface area contributed by atoms with E-state index in [-0.39, 0.29) is 37.6 Å². The van der Waals surface area contributed by atoms with Crippen molar-refractivity contribution in [1.82, 2.24) is 5.32 Å². The van der Waals surface area contributed by atoms with E-state index in [2.05, 4.69) is 16.7 Å². The van der Waals surface area contributed by atoms with E-state index >= 15 is 0 Å². The van der Waals surface area contributed by atoms with Crippen molar-refractivity contribution in [2.45, 2.75) is 45.6 Å². The second-order valence-electron chi connectivity index (χ2n) is 9.25. The number of anilines is 1. The van der Waals surface area contributed by atoms with Crippen molar-refractivity contribution in [3.8, 4) is 5.75 Å². The van der Waals surface area contributed by atoms with Gasteiger partial charge in [-0.2, -0.15) is 0 Å². The third-order valence-corrected chi connectivity index (χ3v) is 6.65. The van der Waals surface area contributed by atoms with E-state index in [0.717, 1.165) is 24.2 Å². The minimum absolute atomic E-state index is 0. The molecule has 1 aliphatic carbocycles. The zero-order valence-corrected chi connectivity index (χ0v) is 21.9. The number of nitrogens with one attached hydrogen (secondary N) is 3. The van der Waals surface area contributed by atoms with Crippen LogP contribution < -0.4 is 21.1 Å². The number of carbonyl (C=O) groups is 3. The molecule has 1 unspecified atom stereocenters. The topological polar surface area (TPSA) is 155 Å². The molecule has 0 radical (unpaired) electrons. The number of carboxylic acid groups (broad SMARTS) is 1. The summed E-state index contributed by atoms with van der Waals surface area (Å²) in [6, 6.07) is 22.6. The van der Waals surface area contributed by atoms with Gasteiger partial charge in [0.1, 0.15) is 17.5 Å². The normalized spacial score (nSPS) is 14.1. The lowest BCUT2D eigenvalue weighted by atomic mass is 9.87. The molecule has 9 nitrogen and oxygen atoms in total. The number of fused-ring (bicyclic) bond motifs is 1. The van der Waals surface area contributed by atoms with Gasteiger partial charge in [0, 0.05) is 17.3 Å². The van der Waals surface area contributed by atoms with Gasteiger partial charge in [-0.05, 0) is 85.2 Å². The van der Waals surface area contributed by atoms with Gasteiger partial charge in [-0.1, -0.05) is 43.8 Å². The van der Waals surface area contributed by atoms with E-state index < -0.39 is 5.92 Å². The van der Waals surface area contributed by atoms with Crippen molar-refractivity contribution < 1.29 is 24.2 Å². The summed E-state index contributed by atoms with van der Waals surface area (Å²) < 4.78 is 5.36. The zero-order chi connectivity index (χ0) is 28.2. The van der Waals surface area contributed by atoms with Crippen molar-refractivity contribution >= 4 is 29.8 Å². The summed E-state index contributed by atoms with van der Waals surface area (Å²) in [6.07, 6.45) is 3.40. The molecule has 0 heterocycles. The Morgan fingerprint density at radius 1 is 1.07 bits per heavy atom. The number of aryl methyl sites for hydroxylation is 2. The quantitative estimate of drug-likeness (QED) is 0.117. The molecule has 2 atom stereocenters. The second kappa shape index (κ2) is 15.7. The van der Waals surface area contributed by atoms with Crippen molar-refractivity contribution in [2.75, 3.05) is 12.4 Å². The van der Waals surface area contributed by atoms with Crippen LogP contribution in [0.2, 0.25) is 0 Å². The van der Waals surface area contributed by atoms with Crippen molar-refractivity contribution in [3.05, 3.63) is 95.1 Å². The maximum Gasteiger partial charge on any atom is 0.290 e. The molecule has 0 bridgehead atoms. The van der Waals surface area contributed by atoms with Crippen LogP contribution >= 0.6 is 0 Å². The van der Waals surface area contributed by atoms with E-state index in [1.54, 1.807) is 31.4 Å². The zero-order valence-electron chi connectivity index (χ0n) is 21.9. The number of methoxy groups -OCH3 is 1. The number of hydrogen-bond acceptors (Lipinski definition) is 5. The van der Waals surface area contributed by atoms with Crippen LogP contribution in [0.1, 0.15) is 42.5 Å². The van der Waals surface area contributed by atoms with E-state index in [9.17, 15) is 9.59 Å². The maximum atomic E-state index is 13.4. The average Bonchev–Trinajstić information content (AvgIpc) is 2.94. The van der Waals surface area contributed by atoms with Crippen molar-refractivity contribution in [2.24, 2.45) is 11.7 Å². The Hall–Kier alpha value is -4.66. The van der Waals surface area contributed by atoms with Gasteiger partial charge in [-0.3, -0.25) is 19.8 Å². The molecule has 1 aliphatic rings. The molecule has 0 saturated carbocycles. The molecule has 0 fully saturated rings. The predicted octanol–water partition coefficient (Wildman–Crippen LogP) is 4.18. The fraction of sp³-hybridized carbons (Fsp3) is 0.290. The van der Waals surface area contributed by atoms with Crippen LogP contribution in [0.3, 0.4) is 0 Å². The van der Waals surface area contributed by atoms with E-state index in [1.165, 1.54) is 11.1 Å². The van der Waals surface area contributed by atoms with Gasteiger partial charge in [-0.25, -0.2) is 0 Å². The van der Waals surface area contributed by atoms with Gasteiger partial charge in [0.15, 0.2) is 0 Å². The molecule has 2 amide bonds. The standard InChI is InChI=1S/C29H32N4O3.CH2O2.CH4/c1-36-25-15-11-20-8-14-24(17-22(20)18-25)33-29(35)26(16-7-19-5-3-2-4-6-19)28(34)32-23-12-9-21(10-13-23)27(30)31;2-1-3;/h2-6,9-13,15,18,24,26H,7-8,14,16-17H2,1H3,(H3,30,31)(H,32,34)(H,33,35);1H,(H,2,3);1H4/t24-,26?;;/m0../s1. The second-order valence-corrected chi connectivity index (χ2v) is 9.25. The molecule has 6 N–H and O–H groups in total. The summed E-state index contributed by atoms with van der Waals surface area (Å²) in [5, 5.41) is 20.4. The lowest BCUT2D eigenvalue weighted by Gasteiger charge is -2.27. The van der Waals surface area contributed by atoms with Crippen molar-refractivity contribution in [3.63, 3.8) is 0 Å². The molecule has 0 saturated heterocycles. The Labute approximate surface area is 235 Å². The Balaban J connectivity index is 0.00000134. The highest BCUT2D eigenvalue weighted by Gasteiger charge is 2.29. The summed E-state index contributed by atoms with van der Waals surface area (Å²) in [5.74, 6) is -0.697. The Bertz CT molecular complexity index is 1280. The summed E-state index contributed by atoms with van der Waals surface area (Å²) in [6.45, 7) is -0.250. The molecular weight excluding hydrogens is 508 g/mol. The minimum Gasteiger partial charge on any atom is -0.497 e. The van der Waals surface area contributed by atoms with Gasteiger partial charge < -0.3 is 26.2 Å². The van der Waals surface area contributed by atoms with Crippen LogP contribution in [0.4, 0.5) is 5.69 Å². The predicted molar refractivity (Wildman–Crippen MR) is 157 cm³/mol. The molecule has 4 rings (SSSR count). The van der Waals surface area contributed by atoms with Crippen LogP contribution in [-0.4, -0.2) is 42.4 Å². The number of nitrogens with two attached hydrogens (primary N) is 1. The number of ether oxygens (including phenoxy) is 1. The van der Waals surface area contributed by atoms with Crippen molar-refractivity contribution in [1.29, 1.82) is 5.41 Å². The molecule has 0 aliphatic heterocycles. The molecule has 212 valence electrons. The fourth-order valence-corrected chi connectivity index (χ4v) is 4.58. The number of amidine groups is 1. The molecule has 0 aromatic heterocycles. The maximum absolute atomic E-state index is 13.4. The number of carbonyl (C=O) groups excluding carboxylic acids is 2. The monoisotopic (exact) mass is 546 g/mol. The first kappa shape index (κ1) is 31.6. The molecule has 9 heteroatoms. The molecule has 0 spiro atoms. The lowest BCUT2D eigenvalue weighted by molar-refractivity contribution is -0.133. The Morgan fingerprint density at radius 3 is 2.38 bits per heavy atom. The first-order valence-corrected chi connectivity index (χ1v) is 12.7. The van der Waals surface area contributed by atoms with E-state index in [0.29, 0.717) is 30.5 Å². The first-order chi connectivity index (χ1) is 18.8. The van der Waals surface area contributed by atoms with Gasteiger partial charge in [0.2, 0.25) is 11.8 Å². The third-order valence-electron chi connectivity index (χ3n) is 6.65. The summed E-state index contributed by atoms with van der Waals surface area (Å²) in [7, 11) is 1.65. The summed E-state index contributed by atoms with van der Waals surface area (Å²) in [4.78, 5) is 35.0. The van der Waals surface area contributed by atoms with Crippen LogP contribution in [0.5, 0.6) is 5.75 Å². The highest BCUT2D eigenvalue weighted by atomic mass is 16.5. The Kier molecular flexibility index (Phi) is 12.4. The smallest absolute Gasteiger partial charge is 0.290 e. The molecule has 3 aromatic rings. The Morgan fingerprint density at radius 2 is 1.75 bits per heavy atom. The van der Waals surface area contributed by atoms with E-state index in [1.807, 2.05) is 42.5 Å². The molecule has 3 aromatic carbocycles. The van der Waals surface area contributed by atoms with E-state index in [4.69, 9.17) is 25.8 Å². The highest BCUT2D eigenvalue weighted by molar-refractivity contribution is 6.06. The number of amides is 2. The molecule has 40 heavy (non-hydrogen) atoms.